The molecule has 0 atom stereocenters. The van der Waals surface area contributed by atoms with Gasteiger partial charge in [0.05, 0.1) is 0 Å². The molecule has 2 aliphatic rings. The Morgan fingerprint density at radius 3 is 1.54 bits per heavy atom. The highest BCUT2D eigenvalue weighted by Crippen LogP contribution is 2.56. The van der Waals surface area contributed by atoms with E-state index in [1.54, 1.807) is 24.3 Å². The molecule has 37 heavy (non-hydrogen) atoms. The predicted molar refractivity (Wildman–Crippen MR) is 153 cm³/mol. The van der Waals surface area contributed by atoms with Gasteiger partial charge >= 0.3 is 0 Å². The molecule has 0 bridgehead atoms. The number of amides is 2. The molecule has 0 saturated heterocycles. The van der Waals surface area contributed by atoms with Gasteiger partial charge in [0.15, 0.2) is 0 Å². The highest BCUT2D eigenvalue weighted by atomic mass is 16.2. The molecule has 2 amide bonds. The van der Waals surface area contributed by atoms with Crippen LogP contribution in [0.5, 0.6) is 0 Å². The van der Waals surface area contributed by atoms with Gasteiger partial charge in [-0.1, -0.05) is 61.5 Å². The molecule has 2 aliphatic carbocycles. The lowest BCUT2D eigenvalue weighted by Crippen LogP contribution is -2.41. The van der Waals surface area contributed by atoms with Gasteiger partial charge in [0, 0.05) is 29.9 Å². The van der Waals surface area contributed by atoms with Crippen LogP contribution in [0.1, 0.15) is 124 Å². The Morgan fingerprint density at radius 2 is 1.11 bits per heavy atom. The second-order valence-electron chi connectivity index (χ2n) is 13.7. The fourth-order valence-electron chi connectivity index (χ4n) is 6.30. The first-order chi connectivity index (χ1) is 17.1. The first-order valence-corrected chi connectivity index (χ1v) is 13.7. The number of nitrogens with one attached hydrogen (secondary N) is 2. The lowest BCUT2D eigenvalue weighted by Gasteiger charge is -2.49. The average Bonchev–Trinajstić information content (AvgIpc) is 2.83. The van der Waals surface area contributed by atoms with Crippen LogP contribution in [0, 0.1) is 0 Å². The molecule has 5 heteroatoms. The summed E-state index contributed by atoms with van der Waals surface area (Å²) in [4.78, 5) is 26.0. The minimum Gasteiger partial charge on any atom is -0.351 e. The van der Waals surface area contributed by atoms with Gasteiger partial charge in [-0.2, -0.15) is 0 Å². The Balaban J connectivity index is 1.85. The van der Waals surface area contributed by atoms with Crippen LogP contribution in [0.15, 0.2) is 30.3 Å². The molecular weight excluding hydrogens is 458 g/mol. The molecule has 200 valence electrons. The van der Waals surface area contributed by atoms with E-state index in [0.717, 1.165) is 31.4 Å². The second-order valence-corrected chi connectivity index (χ2v) is 13.7. The van der Waals surface area contributed by atoms with E-state index in [1.165, 1.54) is 22.3 Å². The molecule has 0 spiro atoms. The third kappa shape index (κ3) is 4.95. The zero-order valence-corrected chi connectivity index (χ0v) is 24.0. The number of benzene rings is 2. The Bertz CT molecular complexity index is 1170. The van der Waals surface area contributed by atoms with Gasteiger partial charge in [-0.15, -0.1) is 0 Å². The average molecular weight is 504 g/mol. The molecule has 0 unspecified atom stereocenters. The van der Waals surface area contributed by atoms with Crippen molar-refractivity contribution in [2.45, 2.75) is 103 Å². The molecule has 2 aromatic carbocycles. The van der Waals surface area contributed by atoms with Crippen molar-refractivity contribution >= 4 is 17.5 Å². The highest BCUT2D eigenvalue weighted by molar-refractivity contribution is 6.06. The summed E-state index contributed by atoms with van der Waals surface area (Å²) in [5, 5.41) is 6.20. The highest BCUT2D eigenvalue weighted by Gasteiger charge is 2.46. The van der Waals surface area contributed by atoms with E-state index in [4.69, 9.17) is 5.73 Å². The van der Waals surface area contributed by atoms with E-state index >= 15 is 0 Å². The maximum absolute atomic E-state index is 13.8. The van der Waals surface area contributed by atoms with Crippen LogP contribution in [0.25, 0.3) is 0 Å². The molecule has 2 aromatic rings. The van der Waals surface area contributed by atoms with E-state index in [-0.39, 0.29) is 33.5 Å². The molecule has 0 saturated carbocycles. The molecule has 4 rings (SSSR count). The Hall–Kier alpha value is -2.66. The normalized spacial score (nSPS) is 20.4. The maximum atomic E-state index is 13.8. The van der Waals surface area contributed by atoms with Gasteiger partial charge in [0.25, 0.3) is 11.8 Å². The number of anilines is 1. The van der Waals surface area contributed by atoms with Crippen LogP contribution in [-0.4, -0.2) is 24.9 Å². The number of fused-ring (bicyclic) bond motifs is 2. The molecule has 5 nitrogen and oxygen atoms in total. The van der Waals surface area contributed by atoms with Gasteiger partial charge in [0.1, 0.15) is 0 Å². The van der Waals surface area contributed by atoms with Gasteiger partial charge in [-0.25, -0.2) is 0 Å². The summed E-state index contributed by atoms with van der Waals surface area (Å²) in [5.74, 6) is -0.320. The number of hydrogen-bond acceptors (Lipinski definition) is 3. The van der Waals surface area contributed by atoms with E-state index in [2.05, 4.69) is 72.1 Å². The van der Waals surface area contributed by atoms with Gasteiger partial charge in [-0.3, -0.25) is 9.59 Å². The Kier molecular flexibility index (Phi) is 6.86. The van der Waals surface area contributed by atoms with Crippen molar-refractivity contribution in [2.24, 2.45) is 5.73 Å². The van der Waals surface area contributed by atoms with Crippen LogP contribution in [0.3, 0.4) is 0 Å². The number of hydrogen-bond donors (Lipinski definition) is 3. The second kappa shape index (κ2) is 9.27. The summed E-state index contributed by atoms with van der Waals surface area (Å²) in [6, 6.07) is 9.36. The van der Waals surface area contributed by atoms with Gasteiger partial charge in [0.2, 0.25) is 0 Å². The third-order valence-corrected chi connectivity index (χ3v) is 8.97. The Labute approximate surface area is 223 Å². The zero-order valence-electron chi connectivity index (χ0n) is 24.0. The van der Waals surface area contributed by atoms with Crippen molar-refractivity contribution in [3.8, 4) is 0 Å². The SMILES string of the molecule is CC1(C)CCC(C)(C)c2c1cc1c(c2NC(=O)c2ccc(C(=O)NCCN)cc2)C(C)(C)CCC1(C)C. The van der Waals surface area contributed by atoms with Gasteiger partial charge < -0.3 is 16.4 Å². The summed E-state index contributed by atoms with van der Waals surface area (Å²) < 4.78 is 0. The first kappa shape index (κ1) is 27.4. The molecular formula is C32H45N3O2. The van der Waals surface area contributed by atoms with E-state index < -0.39 is 0 Å². The number of carbonyl (C=O) groups is 2. The molecule has 0 fully saturated rings. The van der Waals surface area contributed by atoms with E-state index in [0.29, 0.717) is 24.2 Å². The number of rotatable bonds is 5. The molecule has 0 aliphatic heterocycles. The third-order valence-electron chi connectivity index (χ3n) is 8.97. The smallest absolute Gasteiger partial charge is 0.255 e. The number of carbonyl (C=O) groups excluding carboxylic acids is 2. The van der Waals surface area contributed by atoms with Crippen LogP contribution in [0.2, 0.25) is 0 Å². The minimum atomic E-state index is -0.184. The standard InChI is InChI=1S/C32H45N3O2/c1-29(2)13-15-31(5,6)24-22(29)19-23-25(32(7,8)16-14-30(23,3)4)26(24)35-28(37)21-11-9-20(10-12-21)27(36)34-18-17-33/h9-12,19H,13-18,33H2,1-8H3,(H,34,36)(H,35,37). The summed E-state index contributed by atoms with van der Waals surface area (Å²) in [5.41, 5.74) is 12.9. The van der Waals surface area contributed by atoms with Gasteiger partial charge in [-0.05, 0) is 93.9 Å². The van der Waals surface area contributed by atoms with E-state index in [9.17, 15) is 9.59 Å². The number of nitrogens with two attached hydrogens (primary N) is 1. The van der Waals surface area contributed by atoms with Crippen LogP contribution < -0.4 is 16.4 Å². The molecule has 0 radical (unpaired) electrons. The van der Waals surface area contributed by atoms with Crippen molar-refractivity contribution in [1.82, 2.24) is 5.32 Å². The fraction of sp³-hybridized carbons (Fsp3) is 0.562. The van der Waals surface area contributed by atoms with Crippen molar-refractivity contribution in [3.63, 3.8) is 0 Å². The maximum Gasteiger partial charge on any atom is 0.255 e. The summed E-state index contributed by atoms with van der Waals surface area (Å²) >= 11 is 0. The monoisotopic (exact) mass is 503 g/mol. The summed E-state index contributed by atoms with van der Waals surface area (Å²) in [7, 11) is 0. The van der Waals surface area contributed by atoms with E-state index in [1.807, 2.05) is 0 Å². The quantitative estimate of drug-likeness (QED) is 0.446. The van der Waals surface area contributed by atoms with Crippen LogP contribution in [0.4, 0.5) is 5.69 Å². The van der Waals surface area contributed by atoms with Crippen LogP contribution in [-0.2, 0) is 21.7 Å². The summed E-state index contributed by atoms with van der Waals surface area (Å²) in [6.45, 7) is 19.4. The van der Waals surface area contributed by atoms with Crippen molar-refractivity contribution in [2.75, 3.05) is 18.4 Å². The topological polar surface area (TPSA) is 84.2 Å². The Morgan fingerprint density at radius 1 is 0.703 bits per heavy atom. The van der Waals surface area contributed by atoms with Crippen molar-refractivity contribution in [3.05, 3.63) is 63.7 Å². The zero-order chi connectivity index (χ0) is 27.4. The molecule has 4 N–H and O–H groups in total. The fourth-order valence-corrected chi connectivity index (χ4v) is 6.30. The first-order valence-electron chi connectivity index (χ1n) is 13.7. The molecule has 0 heterocycles. The molecule has 0 aromatic heterocycles. The van der Waals surface area contributed by atoms with Crippen molar-refractivity contribution < 1.29 is 9.59 Å². The predicted octanol–water partition coefficient (Wildman–Crippen LogP) is 6.33. The lowest BCUT2D eigenvalue weighted by molar-refractivity contribution is 0.0953. The van der Waals surface area contributed by atoms with Crippen molar-refractivity contribution in [1.29, 1.82) is 0 Å². The van der Waals surface area contributed by atoms with Crippen LogP contribution >= 0.6 is 0 Å². The lowest BCUT2D eigenvalue weighted by atomic mass is 9.56. The summed E-state index contributed by atoms with van der Waals surface area (Å²) in [6.07, 6.45) is 4.39. The minimum absolute atomic E-state index is 0.0373. The largest absolute Gasteiger partial charge is 0.351 e.